The van der Waals surface area contributed by atoms with Crippen molar-refractivity contribution in [1.29, 1.82) is 0 Å². The highest BCUT2D eigenvalue weighted by atomic mass is 32.2. The second-order valence-corrected chi connectivity index (χ2v) is 9.75. The number of fused-ring (bicyclic) bond motifs is 1. The highest BCUT2D eigenvalue weighted by Gasteiger charge is 2.25. The standard InChI is InChI=1S/C22H27N5O4S/c1-15(2)24-18-5-4-8-23-21(18)26-9-11-27(12-10-26)22(28)20-13-16-6-7-17(14-19(16)25-20)31-32(3,29)30/h4-8,13-15,24-25H,9-12H2,1-3H3. The van der Waals surface area contributed by atoms with Gasteiger partial charge in [0.25, 0.3) is 5.91 Å². The first-order chi connectivity index (χ1) is 15.2. The first-order valence-electron chi connectivity index (χ1n) is 10.5. The molecule has 1 aromatic carbocycles. The van der Waals surface area contributed by atoms with E-state index in [1.54, 1.807) is 30.5 Å². The van der Waals surface area contributed by atoms with E-state index in [0.29, 0.717) is 43.4 Å². The number of piperazine rings is 1. The van der Waals surface area contributed by atoms with Crippen molar-refractivity contribution in [3.63, 3.8) is 0 Å². The topological polar surface area (TPSA) is 108 Å². The van der Waals surface area contributed by atoms with Gasteiger partial charge in [0, 0.05) is 55.4 Å². The molecular weight excluding hydrogens is 430 g/mol. The minimum Gasteiger partial charge on any atom is -0.383 e. The van der Waals surface area contributed by atoms with Crippen molar-refractivity contribution in [3.8, 4) is 5.75 Å². The highest BCUT2D eigenvalue weighted by Crippen LogP contribution is 2.26. The molecule has 1 saturated heterocycles. The van der Waals surface area contributed by atoms with Crippen molar-refractivity contribution >= 4 is 38.4 Å². The lowest BCUT2D eigenvalue weighted by Gasteiger charge is -2.36. The second-order valence-electron chi connectivity index (χ2n) is 8.17. The predicted octanol–water partition coefficient (Wildman–Crippen LogP) is 2.68. The van der Waals surface area contributed by atoms with Crippen LogP contribution in [0.3, 0.4) is 0 Å². The van der Waals surface area contributed by atoms with Crippen LogP contribution in [-0.2, 0) is 10.1 Å². The molecule has 0 spiro atoms. The molecule has 1 aliphatic rings. The van der Waals surface area contributed by atoms with Gasteiger partial charge < -0.3 is 24.3 Å². The van der Waals surface area contributed by atoms with Crippen LogP contribution in [0.2, 0.25) is 0 Å². The predicted molar refractivity (Wildman–Crippen MR) is 125 cm³/mol. The number of carbonyl (C=O) groups excluding carboxylic acids is 1. The van der Waals surface area contributed by atoms with Gasteiger partial charge in [-0.15, -0.1) is 0 Å². The molecule has 0 bridgehead atoms. The summed E-state index contributed by atoms with van der Waals surface area (Å²) in [4.78, 5) is 24.7. The first-order valence-corrected chi connectivity index (χ1v) is 12.3. The molecule has 10 heteroatoms. The van der Waals surface area contributed by atoms with Crippen LogP contribution < -0.4 is 14.4 Å². The molecule has 2 aromatic heterocycles. The summed E-state index contributed by atoms with van der Waals surface area (Å²) in [5, 5.41) is 4.24. The molecule has 0 radical (unpaired) electrons. The lowest BCUT2D eigenvalue weighted by molar-refractivity contribution is 0.0741. The maximum atomic E-state index is 13.1. The van der Waals surface area contributed by atoms with Crippen molar-refractivity contribution in [2.45, 2.75) is 19.9 Å². The Morgan fingerprint density at radius 2 is 1.91 bits per heavy atom. The lowest BCUT2D eigenvalue weighted by atomic mass is 10.2. The summed E-state index contributed by atoms with van der Waals surface area (Å²) in [5.74, 6) is 1.01. The van der Waals surface area contributed by atoms with Crippen molar-refractivity contribution < 1.29 is 17.4 Å². The zero-order chi connectivity index (χ0) is 22.9. The number of aromatic nitrogens is 2. The number of benzene rings is 1. The van der Waals surface area contributed by atoms with Crippen LogP contribution in [0.15, 0.2) is 42.6 Å². The van der Waals surface area contributed by atoms with E-state index in [4.69, 9.17) is 4.18 Å². The van der Waals surface area contributed by atoms with Crippen LogP contribution in [-0.4, -0.2) is 67.7 Å². The Morgan fingerprint density at radius 1 is 1.16 bits per heavy atom. The minimum absolute atomic E-state index is 0.0898. The largest absolute Gasteiger partial charge is 0.383 e. The van der Waals surface area contributed by atoms with Gasteiger partial charge in [0.15, 0.2) is 5.82 Å². The van der Waals surface area contributed by atoms with Crippen LogP contribution in [0.5, 0.6) is 5.75 Å². The third kappa shape index (κ3) is 4.96. The van der Waals surface area contributed by atoms with E-state index in [1.807, 2.05) is 17.0 Å². The normalized spacial score (nSPS) is 14.8. The zero-order valence-corrected chi connectivity index (χ0v) is 19.1. The van der Waals surface area contributed by atoms with Crippen molar-refractivity contribution in [2.24, 2.45) is 0 Å². The Hall–Kier alpha value is -3.27. The summed E-state index contributed by atoms with van der Waals surface area (Å²) in [6.07, 6.45) is 2.78. The SMILES string of the molecule is CC(C)Nc1cccnc1N1CCN(C(=O)c2cc3ccc(OS(C)(=O)=O)cc3[nH]2)CC1. The summed E-state index contributed by atoms with van der Waals surface area (Å²) in [6.45, 7) is 6.70. The zero-order valence-electron chi connectivity index (χ0n) is 18.3. The van der Waals surface area contributed by atoms with E-state index in [0.717, 1.165) is 23.1 Å². The number of aromatic amines is 1. The van der Waals surface area contributed by atoms with Crippen LogP contribution in [0.4, 0.5) is 11.5 Å². The van der Waals surface area contributed by atoms with E-state index in [2.05, 4.69) is 34.0 Å². The molecule has 0 saturated carbocycles. The summed E-state index contributed by atoms with van der Waals surface area (Å²) in [7, 11) is -3.61. The third-order valence-electron chi connectivity index (χ3n) is 5.17. The van der Waals surface area contributed by atoms with Crippen LogP contribution in [0.25, 0.3) is 10.9 Å². The quantitative estimate of drug-likeness (QED) is 0.548. The van der Waals surface area contributed by atoms with Gasteiger partial charge in [-0.3, -0.25) is 4.79 Å². The van der Waals surface area contributed by atoms with Gasteiger partial charge in [-0.1, -0.05) is 0 Å². The molecule has 32 heavy (non-hydrogen) atoms. The summed E-state index contributed by atoms with van der Waals surface area (Å²) in [6, 6.07) is 10.9. The van der Waals surface area contributed by atoms with E-state index in [1.165, 1.54) is 0 Å². The molecule has 2 N–H and O–H groups in total. The number of carbonyl (C=O) groups is 1. The fraction of sp³-hybridized carbons (Fsp3) is 0.364. The average molecular weight is 458 g/mol. The van der Waals surface area contributed by atoms with Crippen molar-refractivity contribution in [3.05, 3.63) is 48.3 Å². The molecule has 0 atom stereocenters. The van der Waals surface area contributed by atoms with Gasteiger partial charge in [0.1, 0.15) is 11.4 Å². The number of hydrogen-bond donors (Lipinski definition) is 2. The molecule has 0 unspecified atom stereocenters. The summed E-state index contributed by atoms with van der Waals surface area (Å²) in [5.41, 5.74) is 2.10. The molecule has 1 aliphatic heterocycles. The van der Waals surface area contributed by atoms with Crippen LogP contribution >= 0.6 is 0 Å². The molecule has 3 heterocycles. The lowest BCUT2D eigenvalue weighted by Crippen LogP contribution is -2.49. The second kappa shape index (κ2) is 8.70. The monoisotopic (exact) mass is 457 g/mol. The number of rotatable bonds is 6. The van der Waals surface area contributed by atoms with Crippen LogP contribution in [0, 0.1) is 0 Å². The van der Waals surface area contributed by atoms with Gasteiger partial charge in [0.2, 0.25) is 0 Å². The van der Waals surface area contributed by atoms with E-state index < -0.39 is 10.1 Å². The van der Waals surface area contributed by atoms with E-state index in [-0.39, 0.29) is 11.7 Å². The minimum atomic E-state index is -3.61. The molecule has 3 aromatic rings. The number of hydrogen-bond acceptors (Lipinski definition) is 7. The van der Waals surface area contributed by atoms with Gasteiger partial charge >= 0.3 is 10.1 Å². The van der Waals surface area contributed by atoms with Gasteiger partial charge in [0.05, 0.1) is 11.9 Å². The first kappa shape index (κ1) is 21.9. The Kier molecular flexibility index (Phi) is 5.96. The number of H-pyrrole nitrogens is 1. The Balaban J connectivity index is 1.45. The fourth-order valence-corrected chi connectivity index (χ4v) is 4.27. The highest BCUT2D eigenvalue weighted by molar-refractivity contribution is 7.86. The molecule has 4 rings (SSSR count). The molecule has 9 nitrogen and oxygen atoms in total. The maximum Gasteiger partial charge on any atom is 0.306 e. The van der Waals surface area contributed by atoms with Crippen molar-refractivity contribution in [1.82, 2.24) is 14.9 Å². The number of amides is 1. The molecule has 170 valence electrons. The average Bonchev–Trinajstić information content (AvgIpc) is 3.15. The van der Waals surface area contributed by atoms with E-state index in [9.17, 15) is 13.2 Å². The van der Waals surface area contributed by atoms with Gasteiger partial charge in [-0.25, -0.2) is 4.98 Å². The Bertz CT molecular complexity index is 1230. The van der Waals surface area contributed by atoms with E-state index >= 15 is 0 Å². The summed E-state index contributed by atoms with van der Waals surface area (Å²) >= 11 is 0. The Morgan fingerprint density at radius 3 is 2.59 bits per heavy atom. The van der Waals surface area contributed by atoms with Gasteiger partial charge in [-0.05, 0) is 44.2 Å². The van der Waals surface area contributed by atoms with Gasteiger partial charge in [-0.2, -0.15) is 8.42 Å². The molecule has 1 amide bonds. The smallest absolute Gasteiger partial charge is 0.306 e. The molecule has 0 aliphatic carbocycles. The number of nitrogens with zero attached hydrogens (tertiary/aromatic N) is 3. The number of anilines is 2. The third-order valence-corrected chi connectivity index (χ3v) is 5.66. The maximum absolute atomic E-state index is 13.1. The fourth-order valence-electron chi connectivity index (χ4n) is 3.81. The number of nitrogens with one attached hydrogen (secondary N) is 2. The van der Waals surface area contributed by atoms with Crippen LogP contribution in [0.1, 0.15) is 24.3 Å². The van der Waals surface area contributed by atoms with Crippen molar-refractivity contribution in [2.75, 3.05) is 42.7 Å². The molecular formula is C22H27N5O4S. The summed E-state index contributed by atoms with van der Waals surface area (Å²) < 4.78 is 27.6. The Labute approximate surface area is 187 Å². The number of pyridine rings is 1. The molecule has 1 fully saturated rings.